The van der Waals surface area contributed by atoms with Gasteiger partial charge >= 0.3 is 0 Å². The topological polar surface area (TPSA) is 80.9 Å². The second-order valence-corrected chi connectivity index (χ2v) is 7.26. The molecule has 4 heteroatoms. The van der Waals surface area contributed by atoms with Crippen LogP contribution >= 0.6 is 0 Å². The van der Waals surface area contributed by atoms with Crippen LogP contribution in [0.2, 0.25) is 0 Å². The minimum Gasteiger partial charge on any atom is -0.396 e. The van der Waals surface area contributed by atoms with E-state index in [1.54, 1.807) is 0 Å². The number of aliphatic hydroxyl groups excluding tert-OH is 4. The largest absolute Gasteiger partial charge is 0.396 e. The van der Waals surface area contributed by atoms with Gasteiger partial charge < -0.3 is 20.4 Å². The van der Waals surface area contributed by atoms with Gasteiger partial charge in [0.2, 0.25) is 0 Å². The Balaban J connectivity index is 0. The van der Waals surface area contributed by atoms with Crippen LogP contribution in [0, 0.1) is 10.8 Å². The monoisotopic (exact) mass is 348 g/mol. The summed E-state index contributed by atoms with van der Waals surface area (Å²) < 4.78 is 0. The Morgan fingerprint density at radius 2 is 0.750 bits per heavy atom. The molecular formula is C20H44O4. The van der Waals surface area contributed by atoms with Crippen molar-refractivity contribution >= 4 is 0 Å². The fourth-order valence-corrected chi connectivity index (χ4v) is 3.84. The highest BCUT2D eigenvalue weighted by Crippen LogP contribution is 2.36. The molecule has 0 saturated heterocycles. The molecule has 0 bridgehead atoms. The smallest absolute Gasteiger partial charge is 0.0509 e. The van der Waals surface area contributed by atoms with Crippen molar-refractivity contribution in [2.45, 2.75) is 91.9 Å². The van der Waals surface area contributed by atoms with E-state index in [1.807, 2.05) is 0 Å². The molecule has 0 heterocycles. The fraction of sp³-hybridized carbons (Fsp3) is 1.00. The lowest BCUT2D eigenvalue weighted by Crippen LogP contribution is -2.29. The quantitative estimate of drug-likeness (QED) is 0.384. The van der Waals surface area contributed by atoms with Gasteiger partial charge in [0.25, 0.3) is 0 Å². The molecule has 0 spiro atoms. The van der Waals surface area contributed by atoms with Gasteiger partial charge in [-0.1, -0.05) is 53.4 Å². The number of hydrogen-bond acceptors (Lipinski definition) is 4. The third kappa shape index (κ3) is 10.7. The van der Waals surface area contributed by atoms with Crippen LogP contribution in [0.3, 0.4) is 0 Å². The lowest BCUT2D eigenvalue weighted by Gasteiger charge is -2.32. The second-order valence-electron chi connectivity index (χ2n) is 7.26. The van der Waals surface area contributed by atoms with Gasteiger partial charge in [0.15, 0.2) is 0 Å². The first kappa shape index (κ1) is 26.1. The summed E-state index contributed by atoms with van der Waals surface area (Å²) in [6, 6.07) is 0. The summed E-state index contributed by atoms with van der Waals surface area (Å²) in [5.41, 5.74) is -0.00347. The van der Waals surface area contributed by atoms with Gasteiger partial charge in [-0.05, 0) is 43.9 Å². The van der Waals surface area contributed by atoms with E-state index in [0.717, 1.165) is 64.2 Å². The van der Waals surface area contributed by atoms with Gasteiger partial charge in [0.05, 0.1) is 13.2 Å². The van der Waals surface area contributed by atoms with E-state index in [2.05, 4.69) is 27.7 Å². The second kappa shape index (κ2) is 16.3. The zero-order valence-electron chi connectivity index (χ0n) is 16.7. The van der Waals surface area contributed by atoms with Gasteiger partial charge in [0, 0.05) is 18.6 Å². The maximum Gasteiger partial charge on any atom is 0.0509 e. The molecule has 4 N–H and O–H groups in total. The van der Waals surface area contributed by atoms with E-state index in [4.69, 9.17) is 20.4 Å². The molecular weight excluding hydrogens is 304 g/mol. The summed E-state index contributed by atoms with van der Waals surface area (Å²) in [4.78, 5) is 0. The Bertz CT molecular complexity index is 215. The van der Waals surface area contributed by atoms with Gasteiger partial charge in [0.1, 0.15) is 0 Å². The van der Waals surface area contributed by atoms with Crippen molar-refractivity contribution in [1.82, 2.24) is 0 Å². The molecule has 0 aliphatic rings. The van der Waals surface area contributed by atoms with Crippen LogP contribution in [0.5, 0.6) is 0 Å². The van der Waals surface area contributed by atoms with Crippen LogP contribution in [-0.4, -0.2) is 46.9 Å². The Morgan fingerprint density at radius 3 is 0.958 bits per heavy atom. The SMILES string of the molecule is CCCC(CCC)(CCO)CCO.CCCC(CO)(CO)CCC. The maximum atomic E-state index is 9.08. The Kier molecular flexibility index (Phi) is 17.7. The standard InChI is InChI=1S/C11H24O2.C9H20O2/c1-3-5-11(6-4-2,7-9-12)8-10-13;1-3-5-9(7-10,8-11)6-4-2/h12-13H,3-10H2,1-2H3;10-11H,3-8H2,1-2H3. The lowest BCUT2D eigenvalue weighted by atomic mass is 9.74. The third-order valence-electron chi connectivity index (χ3n) is 5.08. The first-order chi connectivity index (χ1) is 11.5. The van der Waals surface area contributed by atoms with Crippen molar-refractivity contribution in [2.24, 2.45) is 10.8 Å². The minimum absolute atomic E-state index is 0.116. The summed E-state index contributed by atoms with van der Waals surface area (Å²) in [6.07, 6.45) is 10.1. The Morgan fingerprint density at radius 1 is 0.458 bits per heavy atom. The predicted molar refractivity (Wildman–Crippen MR) is 102 cm³/mol. The highest BCUT2D eigenvalue weighted by molar-refractivity contribution is 4.78. The first-order valence-corrected chi connectivity index (χ1v) is 9.92. The average molecular weight is 349 g/mol. The van der Waals surface area contributed by atoms with E-state index >= 15 is 0 Å². The molecule has 24 heavy (non-hydrogen) atoms. The summed E-state index contributed by atoms with van der Waals surface area (Å²) in [5.74, 6) is 0. The van der Waals surface area contributed by atoms with Gasteiger partial charge in [-0.15, -0.1) is 0 Å². The summed E-state index contributed by atoms with van der Waals surface area (Å²) in [7, 11) is 0. The number of rotatable bonds is 14. The molecule has 0 saturated carbocycles. The van der Waals surface area contributed by atoms with Crippen LogP contribution in [0.25, 0.3) is 0 Å². The van der Waals surface area contributed by atoms with Crippen molar-refractivity contribution < 1.29 is 20.4 Å². The Labute approximate surface area is 150 Å². The molecule has 148 valence electrons. The van der Waals surface area contributed by atoms with Gasteiger partial charge in [-0.25, -0.2) is 0 Å². The fourth-order valence-electron chi connectivity index (χ4n) is 3.84. The van der Waals surface area contributed by atoms with Crippen molar-refractivity contribution in [1.29, 1.82) is 0 Å². The minimum atomic E-state index is -0.205. The molecule has 0 rings (SSSR count). The number of hydrogen-bond donors (Lipinski definition) is 4. The maximum absolute atomic E-state index is 9.08. The lowest BCUT2D eigenvalue weighted by molar-refractivity contribution is 0.0385. The molecule has 0 atom stereocenters. The van der Waals surface area contributed by atoms with Crippen LogP contribution in [-0.2, 0) is 0 Å². The molecule has 0 aliphatic carbocycles. The van der Waals surface area contributed by atoms with Crippen molar-refractivity contribution in [2.75, 3.05) is 26.4 Å². The first-order valence-electron chi connectivity index (χ1n) is 9.92. The highest BCUT2D eigenvalue weighted by Gasteiger charge is 2.27. The van der Waals surface area contributed by atoms with Crippen LogP contribution in [0.1, 0.15) is 91.9 Å². The summed E-state index contributed by atoms with van der Waals surface area (Å²) in [5, 5.41) is 36.2. The third-order valence-corrected chi connectivity index (χ3v) is 5.08. The van der Waals surface area contributed by atoms with E-state index in [0.29, 0.717) is 0 Å². The zero-order chi connectivity index (χ0) is 18.9. The highest BCUT2D eigenvalue weighted by atomic mass is 16.3. The van der Waals surface area contributed by atoms with Crippen molar-refractivity contribution in [3.63, 3.8) is 0 Å². The van der Waals surface area contributed by atoms with Crippen molar-refractivity contribution in [3.8, 4) is 0 Å². The normalized spacial score (nSPS) is 12.0. The molecule has 0 aromatic heterocycles. The predicted octanol–water partition coefficient (Wildman–Crippen LogP) is 3.90. The van der Waals surface area contributed by atoms with Crippen LogP contribution in [0.15, 0.2) is 0 Å². The molecule has 0 aromatic carbocycles. The van der Waals surface area contributed by atoms with E-state index in [1.165, 1.54) is 0 Å². The summed E-state index contributed by atoms with van der Waals surface area (Å²) >= 11 is 0. The molecule has 0 unspecified atom stereocenters. The molecule has 4 nitrogen and oxygen atoms in total. The number of aliphatic hydroxyl groups is 4. The summed E-state index contributed by atoms with van der Waals surface area (Å²) in [6.45, 7) is 9.22. The van der Waals surface area contributed by atoms with E-state index < -0.39 is 0 Å². The van der Waals surface area contributed by atoms with Crippen molar-refractivity contribution in [3.05, 3.63) is 0 Å². The Hall–Kier alpha value is -0.160. The molecule has 0 amide bonds. The van der Waals surface area contributed by atoms with E-state index in [9.17, 15) is 0 Å². The van der Waals surface area contributed by atoms with Crippen LogP contribution in [0.4, 0.5) is 0 Å². The molecule has 0 radical (unpaired) electrons. The van der Waals surface area contributed by atoms with E-state index in [-0.39, 0.29) is 37.3 Å². The van der Waals surface area contributed by atoms with Gasteiger partial charge in [-0.2, -0.15) is 0 Å². The van der Waals surface area contributed by atoms with Crippen LogP contribution < -0.4 is 0 Å². The van der Waals surface area contributed by atoms with Gasteiger partial charge in [-0.3, -0.25) is 0 Å². The molecule has 0 fully saturated rings. The zero-order valence-corrected chi connectivity index (χ0v) is 16.7. The molecule has 0 aliphatic heterocycles. The average Bonchev–Trinajstić information content (AvgIpc) is 2.56. The molecule has 0 aromatic rings.